The maximum Gasteiger partial charge on any atom is 0.311 e. The molecule has 0 bridgehead atoms. The van der Waals surface area contributed by atoms with Crippen LogP contribution in [0.3, 0.4) is 0 Å². The Morgan fingerprint density at radius 1 is 1.45 bits per heavy atom. The third-order valence-corrected chi connectivity index (χ3v) is 3.80. The number of hydrogen-bond donors (Lipinski definition) is 0. The van der Waals surface area contributed by atoms with Gasteiger partial charge in [0, 0.05) is 24.0 Å². The third kappa shape index (κ3) is 3.07. The number of aromatic nitrogens is 3. The molecule has 0 aliphatic carbocycles. The number of thiazole rings is 1. The zero-order chi connectivity index (χ0) is 14.9. The molecule has 0 spiro atoms. The maximum atomic E-state index is 11.3. The first-order valence-electron chi connectivity index (χ1n) is 6.37. The van der Waals surface area contributed by atoms with Gasteiger partial charge in [0.1, 0.15) is 5.01 Å². The normalized spacial score (nSPS) is 11.7. The van der Waals surface area contributed by atoms with Gasteiger partial charge in [-0.1, -0.05) is 20.8 Å². The smallest absolute Gasteiger partial charge is 0.311 e. The second kappa shape index (κ2) is 5.36. The average Bonchev–Trinajstić information content (AvgIpc) is 2.94. The lowest BCUT2D eigenvalue weighted by atomic mass is 9.90. The second-order valence-electron chi connectivity index (χ2n) is 5.71. The van der Waals surface area contributed by atoms with Crippen molar-refractivity contribution in [3.63, 3.8) is 0 Å². The molecule has 0 amide bonds. The highest BCUT2D eigenvalue weighted by Gasteiger charge is 2.24. The Hall–Kier alpha value is -1.69. The first kappa shape index (κ1) is 14.7. The van der Waals surface area contributed by atoms with E-state index < -0.39 is 0 Å². The fraction of sp³-hybridized carbons (Fsp3) is 0.500. The van der Waals surface area contributed by atoms with E-state index in [1.165, 1.54) is 18.4 Å². The van der Waals surface area contributed by atoms with Crippen molar-refractivity contribution >= 4 is 17.3 Å². The van der Waals surface area contributed by atoms with Crippen LogP contribution in [0.5, 0.6) is 0 Å². The van der Waals surface area contributed by atoms with E-state index in [9.17, 15) is 4.79 Å². The molecule has 20 heavy (non-hydrogen) atoms. The Morgan fingerprint density at radius 2 is 2.15 bits per heavy atom. The summed E-state index contributed by atoms with van der Waals surface area (Å²) in [6.45, 7) is 6.38. The van der Waals surface area contributed by atoms with Crippen molar-refractivity contribution in [2.24, 2.45) is 7.05 Å². The van der Waals surface area contributed by atoms with Crippen molar-refractivity contribution in [1.29, 1.82) is 0 Å². The van der Waals surface area contributed by atoms with Crippen LogP contribution in [0.25, 0.3) is 10.6 Å². The van der Waals surface area contributed by atoms with Gasteiger partial charge in [-0.15, -0.1) is 11.3 Å². The molecule has 2 aromatic rings. The van der Waals surface area contributed by atoms with Crippen molar-refractivity contribution in [3.05, 3.63) is 23.0 Å². The minimum absolute atomic E-state index is 0.0508. The fourth-order valence-corrected chi connectivity index (χ4v) is 2.76. The van der Waals surface area contributed by atoms with E-state index in [1.54, 1.807) is 4.68 Å². The van der Waals surface area contributed by atoms with E-state index in [0.717, 1.165) is 22.0 Å². The van der Waals surface area contributed by atoms with Gasteiger partial charge in [-0.3, -0.25) is 9.48 Å². The predicted octanol–water partition coefficient (Wildman–Crippen LogP) is 2.56. The van der Waals surface area contributed by atoms with Crippen molar-refractivity contribution in [1.82, 2.24) is 14.8 Å². The minimum Gasteiger partial charge on any atom is -0.469 e. The van der Waals surface area contributed by atoms with Gasteiger partial charge in [0.25, 0.3) is 0 Å². The highest BCUT2D eigenvalue weighted by atomic mass is 32.1. The molecular weight excluding hydrogens is 274 g/mol. The lowest BCUT2D eigenvalue weighted by Gasteiger charge is -2.16. The number of hydrogen-bond acceptors (Lipinski definition) is 5. The largest absolute Gasteiger partial charge is 0.469 e. The lowest BCUT2D eigenvalue weighted by molar-refractivity contribution is -0.139. The van der Waals surface area contributed by atoms with Gasteiger partial charge in [-0.25, -0.2) is 4.98 Å². The molecule has 5 nitrogen and oxygen atoms in total. The summed E-state index contributed by atoms with van der Waals surface area (Å²) < 4.78 is 6.46. The summed E-state index contributed by atoms with van der Waals surface area (Å²) >= 11 is 1.53. The van der Waals surface area contributed by atoms with Crippen LogP contribution >= 0.6 is 11.3 Å². The molecule has 0 atom stereocenters. The first-order valence-corrected chi connectivity index (χ1v) is 7.25. The molecule has 2 heterocycles. The summed E-state index contributed by atoms with van der Waals surface area (Å²) in [5, 5.41) is 7.32. The van der Waals surface area contributed by atoms with E-state index in [-0.39, 0.29) is 17.8 Å². The molecule has 0 aromatic carbocycles. The molecule has 0 radical (unpaired) electrons. The van der Waals surface area contributed by atoms with Gasteiger partial charge in [0.05, 0.1) is 30.5 Å². The van der Waals surface area contributed by atoms with Crippen LogP contribution in [0.15, 0.2) is 11.6 Å². The van der Waals surface area contributed by atoms with Crippen molar-refractivity contribution in [3.8, 4) is 10.6 Å². The van der Waals surface area contributed by atoms with Crippen LogP contribution in [0.4, 0.5) is 0 Å². The molecule has 2 rings (SSSR count). The zero-order valence-electron chi connectivity index (χ0n) is 12.4. The molecule has 0 unspecified atom stereocenters. The number of methoxy groups -OCH3 is 1. The summed E-state index contributed by atoms with van der Waals surface area (Å²) in [5.74, 6) is -0.274. The standard InChI is InChI=1S/C14H19N3O2S/c1-14(2,3)12-10(7-17(4)16-12)13-15-9(8-20-13)6-11(18)19-5/h7-8H,6H2,1-5H3. The quantitative estimate of drug-likeness (QED) is 0.816. The lowest BCUT2D eigenvalue weighted by Crippen LogP contribution is -2.13. The van der Waals surface area contributed by atoms with Gasteiger partial charge in [0.2, 0.25) is 0 Å². The molecule has 0 saturated heterocycles. The van der Waals surface area contributed by atoms with E-state index >= 15 is 0 Å². The van der Waals surface area contributed by atoms with Gasteiger partial charge >= 0.3 is 5.97 Å². The average molecular weight is 293 g/mol. The predicted molar refractivity (Wildman–Crippen MR) is 78.7 cm³/mol. The fourth-order valence-electron chi connectivity index (χ4n) is 1.93. The number of ether oxygens (including phenoxy) is 1. The minimum atomic E-state index is -0.274. The highest BCUT2D eigenvalue weighted by Crippen LogP contribution is 2.33. The van der Waals surface area contributed by atoms with Crippen molar-refractivity contribution in [2.45, 2.75) is 32.6 Å². The molecule has 0 N–H and O–H groups in total. The summed E-state index contributed by atoms with van der Waals surface area (Å²) in [4.78, 5) is 15.8. The van der Waals surface area contributed by atoms with Gasteiger partial charge in [-0.2, -0.15) is 5.10 Å². The van der Waals surface area contributed by atoms with E-state index in [1.807, 2.05) is 18.6 Å². The Morgan fingerprint density at radius 3 is 2.75 bits per heavy atom. The van der Waals surface area contributed by atoms with E-state index in [4.69, 9.17) is 0 Å². The highest BCUT2D eigenvalue weighted by molar-refractivity contribution is 7.13. The van der Waals surface area contributed by atoms with Crippen LogP contribution in [0.1, 0.15) is 32.2 Å². The second-order valence-corrected chi connectivity index (χ2v) is 6.57. The Bertz CT molecular complexity index is 623. The maximum absolute atomic E-state index is 11.3. The van der Waals surface area contributed by atoms with Crippen molar-refractivity contribution in [2.75, 3.05) is 7.11 Å². The van der Waals surface area contributed by atoms with E-state index in [2.05, 4.69) is 35.6 Å². The van der Waals surface area contributed by atoms with Crippen molar-refractivity contribution < 1.29 is 9.53 Å². The van der Waals surface area contributed by atoms with Crippen LogP contribution in [-0.4, -0.2) is 27.8 Å². The van der Waals surface area contributed by atoms with Gasteiger partial charge < -0.3 is 4.74 Å². The van der Waals surface area contributed by atoms with Gasteiger partial charge in [-0.05, 0) is 0 Å². The number of rotatable bonds is 3. The molecule has 0 aliphatic rings. The molecule has 108 valence electrons. The van der Waals surface area contributed by atoms with Crippen LogP contribution in [0, 0.1) is 0 Å². The first-order chi connectivity index (χ1) is 9.31. The number of nitrogens with zero attached hydrogens (tertiary/aromatic N) is 3. The van der Waals surface area contributed by atoms with Gasteiger partial charge in [0.15, 0.2) is 0 Å². The molecule has 0 saturated carbocycles. The van der Waals surface area contributed by atoms with E-state index in [0.29, 0.717) is 0 Å². The SMILES string of the molecule is COC(=O)Cc1csc(-c2cn(C)nc2C(C)(C)C)n1. The molecule has 2 aromatic heterocycles. The summed E-state index contributed by atoms with van der Waals surface area (Å²) in [7, 11) is 3.29. The van der Waals surface area contributed by atoms with Crippen LogP contribution in [-0.2, 0) is 28.4 Å². The summed E-state index contributed by atoms with van der Waals surface area (Å²) in [6.07, 6.45) is 2.18. The topological polar surface area (TPSA) is 57.0 Å². The molecule has 6 heteroatoms. The summed E-state index contributed by atoms with van der Waals surface area (Å²) in [5.41, 5.74) is 2.73. The third-order valence-electron chi connectivity index (χ3n) is 2.87. The number of aryl methyl sites for hydroxylation is 1. The Labute approximate surface area is 122 Å². The Kier molecular flexibility index (Phi) is 3.94. The molecule has 0 aliphatic heterocycles. The Balaban J connectivity index is 2.35. The number of carbonyl (C=O) groups excluding carboxylic acids is 1. The van der Waals surface area contributed by atoms with Crippen LogP contribution < -0.4 is 0 Å². The molecular formula is C14H19N3O2S. The monoisotopic (exact) mass is 293 g/mol. The number of carbonyl (C=O) groups is 1. The zero-order valence-corrected chi connectivity index (χ0v) is 13.2. The van der Waals surface area contributed by atoms with Crippen LogP contribution in [0.2, 0.25) is 0 Å². The molecule has 0 fully saturated rings. The summed E-state index contributed by atoms with van der Waals surface area (Å²) in [6, 6.07) is 0. The number of esters is 1.